The molecule has 0 fully saturated rings. The van der Waals surface area contributed by atoms with Gasteiger partial charge in [-0.3, -0.25) is 4.79 Å². The third kappa shape index (κ3) is 6.39. The molecule has 5 heteroatoms. The molecule has 0 rings (SSSR count). The molecule has 0 aliphatic rings. The van der Waals surface area contributed by atoms with Crippen molar-refractivity contribution in [2.24, 2.45) is 5.73 Å². The number of likely N-dealkylation sites (N-methyl/N-ethyl adjacent to an activating group) is 1. The van der Waals surface area contributed by atoms with Gasteiger partial charge in [0.05, 0.1) is 6.04 Å². The average molecular weight is 196 g/mol. The Morgan fingerprint density at radius 3 is 2.33 bits per heavy atom. The van der Waals surface area contributed by atoms with Gasteiger partial charge in [0.25, 0.3) is 0 Å². The summed E-state index contributed by atoms with van der Waals surface area (Å²) in [4.78, 5) is 10.9. The van der Waals surface area contributed by atoms with E-state index in [9.17, 15) is 4.79 Å². The lowest BCUT2D eigenvalue weighted by Gasteiger charge is -2.12. The molecule has 1 unspecified atom stereocenters. The molecule has 0 aliphatic heterocycles. The minimum Gasteiger partial charge on any atom is -0.353 e. The monoisotopic (exact) mass is 195 g/mol. The van der Waals surface area contributed by atoms with Crippen LogP contribution < -0.4 is 16.4 Å². The van der Waals surface area contributed by atoms with E-state index in [0.29, 0.717) is 6.54 Å². The first-order chi connectivity index (χ1) is 5.07. The summed E-state index contributed by atoms with van der Waals surface area (Å²) >= 11 is 0. The number of hydrogen-bond acceptors (Lipinski definition) is 3. The molecule has 4 N–H and O–H groups in total. The molecule has 1 amide bonds. The van der Waals surface area contributed by atoms with E-state index in [0.717, 1.165) is 0 Å². The van der Waals surface area contributed by atoms with Crippen molar-refractivity contribution < 1.29 is 4.79 Å². The SMILES string of the molecule is CNC(C)CNC(=O)[C@H](C)N.Cl. The molecule has 74 valence electrons. The lowest BCUT2D eigenvalue weighted by atomic mass is 10.3. The number of rotatable bonds is 4. The zero-order valence-electron chi connectivity index (χ0n) is 7.76. The number of carbonyl (C=O) groups excluding carboxylic acids is 1. The van der Waals surface area contributed by atoms with Gasteiger partial charge >= 0.3 is 0 Å². The van der Waals surface area contributed by atoms with Crippen molar-refractivity contribution >= 4 is 18.3 Å². The van der Waals surface area contributed by atoms with Gasteiger partial charge in [0.1, 0.15) is 0 Å². The van der Waals surface area contributed by atoms with Crippen molar-refractivity contribution in [3.05, 3.63) is 0 Å². The molecule has 0 aromatic rings. The molecular formula is C7H18ClN3O. The molecule has 4 nitrogen and oxygen atoms in total. The van der Waals surface area contributed by atoms with Crippen LogP contribution in [0.3, 0.4) is 0 Å². The van der Waals surface area contributed by atoms with Gasteiger partial charge in [0.2, 0.25) is 5.91 Å². The summed E-state index contributed by atoms with van der Waals surface area (Å²) in [6.07, 6.45) is 0. The maximum Gasteiger partial charge on any atom is 0.236 e. The molecule has 0 aromatic heterocycles. The summed E-state index contributed by atoms with van der Waals surface area (Å²) in [6.45, 7) is 4.28. The van der Waals surface area contributed by atoms with Crippen LogP contribution in [0.25, 0.3) is 0 Å². The summed E-state index contributed by atoms with van der Waals surface area (Å²) in [7, 11) is 1.85. The predicted octanol–water partition coefficient (Wildman–Crippen LogP) is -0.520. The molecule has 0 radical (unpaired) electrons. The van der Waals surface area contributed by atoms with E-state index < -0.39 is 6.04 Å². The number of nitrogens with two attached hydrogens (primary N) is 1. The van der Waals surface area contributed by atoms with E-state index in [-0.39, 0.29) is 24.4 Å². The van der Waals surface area contributed by atoms with Gasteiger partial charge in [0, 0.05) is 12.6 Å². The van der Waals surface area contributed by atoms with E-state index in [1.54, 1.807) is 6.92 Å². The van der Waals surface area contributed by atoms with Crippen LogP contribution in [0.5, 0.6) is 0 Å². The Morgan fingerprint density at radius 1 is 1.50 bits per heavy atom. The molecule has 0 aliphatic carbocycles. The second-order valence-electron chi connectivity index (χ2n) is 2.72. The van der Waals surface area contributed by atoms with E-state index in [2.05, 4.69) is 10.6 Å². The van der Waals surface area contributed by atoms with Crippen molar-refractivity contribution in [2.75, 3.05) is 13.6 Å². The maximum atomic E-state index is 10.9. The average Bonchev–Trinajstić information content (AvgIpc) is 1.99. The Labute approximate surface area is 79.7 Å². The predicted molar refractivity (Wildman–Crippen MR) is 52.4 cm³/mol. The van der Waals surface area contributed by atoms with Crippen LogP contribution in [0.1, 0.15) is 13.8 Å². The van der Waals surface area contributed by atoms with Crippen LogP contribution in [0.2, 0.25) is 0 Å². The van der Waals surface area contributed by atoms with E-state index in [1.165, 1.54) is 0 Å². The molecule has 12 heavy (non-hydrogen) atoms. The molecule has 0 saturated carbocycles. The van der Waals surface area contributed by atoms with Gasteiger partial charge in [-0.05, 0) is 20.9 Å². The Kier molecular flexibility index (Phi) is 8.69. The highest BCUT2D eigenvalue weighted by Gasteiger charge is 2.06. The Balaban J connectivity index is 0. The highest BCUT2D eigenvalue weighted by Crippen LogP contribution is 1.78. The van der Waals surface area contributed by atoms with Gasteiger partial charge in [-0.2, -0.15) is 0 Å². The number of amides is 1. The summed E-state index contributed by atoms with van der Waals surface area (Å²) in [5, 5.41) is 5.71. The van der Waals surface area contributed by atoms with Gasteiger partial charge in [0.15, 0.2) is 0 Å². The zero-order chi connectivity index (χ0) is 8.85. The Bertz CT molecular complexity index is 130. The number of carbonyl (C=O) groups is 1. The number of nitrogens with one attached hydrogen (secondary N) is 2. The maximum absolute atomic E-state index is 10.9. The fourth-order valence-corrected chi connectivity index (χ4v) is 0.517. The van der Waals surface area contributed by atoms with Gasteiger partial charge in [-0.25, -0.2) is 0 Å². The molecule has 0 saturated heterocycles. The summed E-state index contributed by atoms with van der Waals surface area (Å²) in [5.41, 5.74) is 5.33. The first kappa shape index (κ1) is 14.2. The normalized spacial score (nSPS) is 14.3. The quantitative estimate of drug-likeness (QED) is 0.566. The van der Waals surface area contributed by atoms with Gasteiger partial charge in [-0.1, -0.05) is 0 Å². The topological polar surface area (TPSA) is 67.1 Å². The van der Waals surface area contributed by atoms with Crippen molar-refractivity contribution in [2.45, 2.75) is 25.9 Å². The van der Waals surface area contributed by atoms with Crippen molar-refractivity contribution in [3.8, 4) is 0 Å². The van der Waals surface area contributed by atoms with E-state index in [1.807, 2.05) is 14.0 Å². The van der Waals surface area contributed by atoms with Crippen LogP contribution in [-0.2, 0) is 4.79 Å². The minimum absolute atomic E-state index is 0. The van der Waals surface area contributed by atoms with Gasteiger partial charge in [-0.15, -0.1) is 12.4 Å². The lowest BCUT2D eigenvalue weighted by molar-refractivity contribution is -0.122. The van der Waals surface area contributed by atoms with E-state index in [4.69, 9.17) is 5.73 Å². The number of halogens is 1. The molecule has 0 bridgehead atoms. The highest BCUT2D eigenvalue weighted by molar-refractivity contribution is 5.85. The minimum atomic E-state index is -0.418. The molecular weight excluding hydrogens is 178 g/mol. The fourth-order valence-electron chi connectivity index (χ4n) is 0.517. The van der Waals surface area contributed by atoms with Gasteiger partial charge < -0.3 is 16.4 Å². The first-order valence-corrected chi connectivity index (χ1v) is 3.78. The first-order valence-electron chi connectivity index (χ1n) is 3.78. The van der Waals surface area contributed by atoms with Crippen molar-refractivity contribution in [3.63, 3.8) is 0 Å². The largest absolute Gasteiger partial charge is 0.353 e. The fraction of sp³-hybridized carbons (Fsp3) is 0.857. The molecule has 0 aromatic carbocycles. The molecule has 0 spiro atoms. The second kappa shape index (κ2) is 7.34. The van der Waals surface area contributed by atoms with Crippen molar-refractivity contribution in [1.29, 1.82) is 0 Å². The third-order valence-electron chi connectivity index (χ3n) is 1.49. The smallest absolute Gasteiger partial charge is 0.236 e. The third-order valence-corrected chi connectivity index (χ3v) is 1.49. The lowest BCUT2D eigenvalue weighted by Crippen LogP contribution is -2.43. The zero-order valence-corrected chi connectivity index (χ0v) is 8.57. The van der Waals surface area contributed by atoms with Crippen LogP contribution in [0.4, 0.5) is 0 Å². The van der Waals surface area contributed by atoms with Crippen LogP contribution in [-0.4, -0.2) is 31.6 Å². The standard InChI is InChI=1S/C7H17N3O.ClH/c1-5(9-3)4-10-7(11)6(2)8;/h5-6,9H,4,8H2,1-3H3,(H,10,11);1H/t5?,6-;/m0./s1. The summed E-state index contributed by atoms with van der Waals surface area (Å²) < 4.78 is 0. The Morgan fingerprint density at radius 2 is 2.00 bits per heavy atom. The summed E-state index contributed by atoms with van der Waals surface area (Å²) in [6, 6.07) is -0.128. The molecule has 0 heterocycles. The Hall–Kier alpha value is -0.320. The molecule has 2 atom stereocenters. The highest BCUT2D eigenvalue weighted by atomic mass is 35.5. The number of hydrogen-bond donors (Lipinski definition) is 3. The van der Waals surface area contributed by atoms with Crippen LogP contribution in [0.15, 0.2) is 0 Å². The van der Waals surface area contributed by atoms with Crippen LogP contribution in [0, 0.1) is 0 Å². The summed E-state index contributed by atoms with van der Waals surface area (Å²) in [5.74, 6) is -0.105. The second-order valence-corrected chi connectivity index (χ2v) is 2.72. The van der Waals surface area contributed by atoms with Crippen LogP contribution >= 0.6 is 12.4 Å². The van der Waals surface area contributed by atoms with Crippen molar-refractivity contribution in [1.82, 2.24) is 10.6 Å². The van der Waals surface area contributed by atoms with E-state index >= 15 is 0 Å².